The van der Waals surface area contributed by atoms with Crippen LogP contribution in [0.3, 0.4) is 0 Å². The predicted molar refractivity (Wildman–Crippen MR) is 56.0 cm³/mol. The van der Waals surface area contributed by atoms with Gasteiger partial charge in [-0.15, -0.1) is 0 Å². The van der Waals surface area contributed by atoms with Gasteiger partial charge in [-0.05, 0) is 12.8 Å². The Morgan fingerprint density at radius 3 is 1.20 bits per heavy atom. The van der Waals surface area contributed by atoms with E-state index in [1.54, 1.807) is 13.8 Å². The molecule has 0 radical (unpaired) electrons. The molecule has 2 unspecified atom stereocenters. The summed E-state index contributed by atoms with van der Waals surface area (Å²) < 4.78 is 0. The Bertz CT molecular complexity index is 169. The normalized spacial score (nSPS) is 12.5. The zero-order chi connectivity index (χ0) is 11.7. The minimum atomic E-state index is -1.04. The zero-order valence-electron chi connectivity index (χ0n) is 8.66. The summed E-state index contributed by atoms with van der Waals surface area (Å²) in [4.78, 5) is 18.6. The number of carbonyl (C=O) groups excluding carboxylic acids is 2. The third kappa shape index (κ3) is 14.5. The maximum atomic E-state index is 9.77. The first kappa shape index (κ1) is 20.9. The van der Waals surface area contributed by atoms with E-state index in [0.717, 1.165) is 0 Å². The van der Waals surface area contributed by atoms with E-state index in [4.69, 9.17) is 0 Å². The smallest absolute Gasteiger partial charge is 0.549 e. The summed E-state index contributed by atoms with van der Waals surface area (Å²) in [5.74, 6) is -2.08. The number of alkyl halides is 2. The first-order valence-corrected chi connectivity index (χ1v) is 5.89. The minimum absolute atomic E-state index is 0. The Morgan fingerprint density at radius 1 is 1.00 bits per heavy atom. The quantitative estimate of drug-likeness (QED) is 0.487. The van der Waals surface area contributed by atoms with Crippen LogP contribution in [-0.4, -0.2) is 21.6 Å². The average Bonchev–Trinajstić information content (AvgIpc) is 2.15. The molecule has 0 saturated heterocycles. The van der Waals surface area contributed by atoms with Crippen molar-refractivity contribution in [2.75, 3.05) is 0 Å². The molecule has 0 aliphatic heterocycles. The van der Waals surface area contributed by atoms with E-state index in [2.05, 4.69) is 31.9 Å². The fourth-order valence-electron chi connectivity index (χ4n) is 0.333. The van der Waals surface area contributed by atoms with Crippen molar-refractivity contribution in [2.45, 2.75) is 36.3 Å². The second-order valence-corrected chi connectivity index (χ2v) is 4.60. The van der Waals surface area contributed by atoms with Gasteiger partial charge in [0.05, 0.1) is 21.6 Å². The van der Waals surface area contributed by atoms with Gasteiger partial charge < -0.3 is 19.8 Å². The van der Waals surface area contributed by atoms with Gasteiger partial charge in [0.2, 0.25) is 0 Å². The Hall–Kier alpha value is 0.523. The molecule has 7 heteroatoms. The summed E-state index contributed by atoms with van der Waals surface area (Å²) in [7, 11) is 0. The van der Waals surface area contributed by atoms with Crippen LogP contribution in [0.25, 0.3) is 0 Å². The Labute approximate surface area is 119 Å². The standard InChI is InChI=1S/2C4H7BrO2.Zn/c2*1-2-3(5)4(6)7;/h2*3H,2H2,1H3,(H,6,7);/q;;+2/p-2. The molecule has 0 rings (SSSR count). The molecule has 0 saturated carbocycles. The van der Waals surface area contributed by atoms with Crippen LogP contribution in [0.1, 0.15) is 26.7 Å². The molecule has 0 heterocycles. The van der Waals surface area contributed by atoms with Crippen LogP contribution >= 0.6 is 31.9 Å². The van der Waals surface area contributed by atoms with Crippen LogP contribution in [0.2, 0.25) is 0 Å². The van der Waals surface area contributed by atoms with Crippen LogP contribution in [0.15, 0.2) is 0 Å². The van der Waals surface area contributed by atoms with Gasteiger partial charge in [0.25, 0.3) is 0 Å². The number of hydrogen-bond donors (Lipinski definition) is 0. The predicted octanol–water partition coefficient (Wildman–Crippen LogP) is -0.183. The van der Waals surface area contributed by atoms with Crippen LogP contribution < -0.4 is 10.2 Å². The Kier molecular flexibility index (Phi) is 17.5. The van der Waals surface area contributed by atoms with E-state index in [-0.39, 0.29) is 19.5 Å². The van der Waals surface area contributed by atoms with E-state index in [9.17, 15) is 19.8 Å². The van der Waals surface area contributed by atoms with Gasteiger partial charge in [0.1, 0.15) is 0 Å². The van der Waals surface area contributed by atoms with Crippen LogP contribution in [0.4, 0.5) is 0 Å². The van der Waals surface area contributed by atoms with Crippen molar-refractivity contribution < 1.29 is 39.3 Å². The maximum absolute atomic E-state index is 9.77. The van der Waals surface area contributed by atoms with Gasteiger partial charge in [-0.1, -0.05) is 45.7 Å². The molecule has 0 spiro atoms. The summed E-state index contributed by atoms with van der Waals surface area (Å²) >= 11 is 5.76. The van der Waals surface area contributed by atoms with Crippen LogP contribution in [0, 0.1) is 0 Å². The van der Waals surface area contributed by atoms with Crippen LogP contribution in [0.5, 0.6) is 0 Å². The number of rotatable bonds is 4. The topological polar surface area (TPSA) is 80.3 Å². The van der Waals surface area contributed by atoms with E-state index in [1.807, 2.05) is 0 Å². The third-order valence-corrected chi connectivity index (χ3v) is 3.27. The van der Waals surface area contributed by atoms with Crippen molar-refractivity contribution in [3.63, 3.8) is 0 Å². The van der Waals surface area contributed by atoms with Gasteiger partial charge in [-0.25, -0.2) is 0 Å². The van der Waals surface area contributed by atoms with Crippen molar-refractivity contribution in [1.29, 1.82) is 0 Å². The van der Waals surface area contributed by atoms with Crippen molar-refractivity contribution in [3.05, 3.63) is 0 Å². The van der Waals surface area contributed by atoms with Crippen molar-refractivity contribution in [3.8, 4) is 0 Å². The fraction of sp³-hybridized carbons (Fsp3) is 0.750. The van der Waals surface area contributed by atoms with E-state index in [0.29, 0.717) is 12.8 Å². The SMILES string of the molecule is CCC(Br)C(=O)[O-].CCC(Br)C(=O)[O-].[Zn+2]. The first-order valence-electron chi connectivity index (χ1n) is 4.06. The van der Waals surface area contributed by atoms with Gasteiger partial charge in [-0.3, -0.25) is 0 Å². The first-order chi connectivity index (χ1) is 6.36. The van der Waals surface area contributed by atoms with E-state index in [1.165, 1.54) is 0 Å². The summed E-state index contributed by atoms with van der Waals surface area (Å²) in [6, 6.07) is 0. The van der Waals surface area contributed by atoms with E-state index >= 15 is 0 Å². The molecule has 0 aliphatic carbocycles. The monoisotopic (exact) mass is 394 g/mol. The maximum Gasteiger partial charge on any atom is 2.00 e. The summed E-state index contributed by atoms with van der Waals surface area (Å²) in [6.45, 7) is 3.55. The zero-order valence-corrected chi connectivity index (χ0v) is 14.8. The fourth-order valence-corrected chi connectivity index (χ4v) is 0.333. The van der Waals surface area contributed by atoms with Crippen LogP contribution in [-0.2, 0) is 29.1 Å². The molecule has 0 fully saturated rings. The Balaban J connectivity index is -0.000000180. The summed E-state index contributed by atoms with van der Waals surface area (Å²) in [6.07, 6.45) is 1.14. The molecular formula is C8H12Br2O4Zn. The second-order valence-electron chi connectivity index (χ2n) is 2.39. The molecule has 0 aliphatic rings. The average molecular weight is 397 g/mol. The Morgan fingerprint density at radius 2 is 1.20 bits per heavy atom. The third-order valence-electron chi connectivity index (χ3n) is 1.23. The summed E-state index contributed by atoms with van der Waals surface area (Å²) in [5, 5.41) is 19.5. The molecule has 0 aromatic rings. The molecule has 0 N–H and O–H groups in total. The van der Waals surface area contributed by atoms with Crippen molar-refractivity contribution in [1.82, 2.24) is 0 Å². The number of carboxylic acid groups (broad SMARTS) is 2. The second kappa shape index (κ2) is 12.6. The van der Waals surface area contributed by atoms with Crippen molar-refractivity contribution in [2.24, 2.45) is 0 Å². The van der Waals surface area contributed by atoms with Crippen molar-refractivity contribution >= 4 is 43.8 Å². The number of halogens is 2. The van der Waals surface area contributed by atoms with Gasteiger partial charge >= 0.3 is 19.5 Å². The molecule has 2 atom stereocenters. The molecule has 15 heavy (non-hydrogen) atoms. The molecule has 0 aromatic carbocycles. The van der Waals surface area contributed by atoms with Gasteiger partial charge in [-0.2, -0.15) is 0 Å². The largest absolute Gasteiger partial charge is 2.00 e. The van der Waals surface area contributed by atoms with Gasteiger partial charge in [0.15, 0.2) is 0 Å². The number of hydrogen-bond acceptors (Lipinski definition) is 4. The number of aliphatic carboxylic acids is 2. The summed E-state index contributed by atoms with van der Waals surface area (Å²) in [5.41, 5.74) is 0. The molecular weight excluding hydrogens is 385 g/mol. The number of carbonyl (C=O) groups is 2. The molecule has 0 amide bonds. The van der Waals surface area contributed by atoms with Gasteiger partial charge in [0, 0.05) is 0 Å². The molecule has 4 nitrogen and oxygen atoms in total. The molecule has 84 valence electrons. The molecule has 0 bridgehead atoms. The van der Waals surface area contributed by atoms with E-state index < -0.39 is 21.6 Å². The molecule has 0 aromatic heterocycles. The number of carboxylic acids is 2. The minimum Gasteiger partial charge on any atom is -0.549 e.